The van der Waals surface area contributed by atoms with Gasteiger partial charge in [-0.25, -0.2) is 0 Å². The lowest BCUT2D eigenvalue weighted by atomic mass is 10.1. The van der Waals surface area contributed by atoms with E-state index in [4.69, 9.17) is 17.3 Å². The molecule has 0 spiro atoms. The van der Waals surface area contributed by atoms with Crippen LogP contribution in [0, 0.1) is 10.1 Å². The maximum atomic E-state index is 12.0. The minimum absolute atomic E-state index is 0.0461. The van der Waals surface area contributed by atoms with Gasteiger partial charge in [-0.2, -0.15) is 10.2 Å². The average molecular weight is 308 g/mol. The molecule has 0 aliphatic carbocycles. The molecule has 0 radical (unpaired) electrons. The molecule has 108 valence electrons. The molecule has 3 N–H and O–H groups in total. The van der Waals surface area contributed by atoms with Crippen molar-refractivity contribution < 1.29 is 9.72 Å². The number of nitrogens with one attached hydrogen (secondary N) is 1. The normalized spacial score (nSPS) is 10.1. The number of halogens is 1. The molecule has 0 saturated carbocycles. The third-order valence-corrected chi connectivity index (χ3v) is 2.94. The molecule has 21 heavy (non-hydrogen) atoms. The number of nitrogens with zero attached hydrogens (tertiary/aromatic N) is 3. The van der Waals surface area contributed by atoms with Crippen molar-refractivity contribution in [3.8, 4) is 0 Å². The molecule has 0 aliphatic rings. The molecular weight excluding hydrogens is 298 g/mol. The van der Waals surface area contributed by atoms with E-state index in [-0.39, 0.29) is 22.8 Å². The van der Waals surface area contributed by atoms with E-state index in [1.165, 1.54) is 12.3 Å². The van der Waals surface area contributed by atoms with Gasteiger partial charge in [0.05, 0.1) is 22.2 Å². The summed E-state index contributed by atoms with van der Waals surface area (Å²) >= 11 is 5.79. The standard InChI is InChI=1S/C12H10ClN5O3/c13-9-4-7(5-10(11(9)14)18(20)21)12(19)15-6-8-2-1-3-16-17-8/h1-5H,6,14H2,(H,15,19). The van der Waals surface area contributed by atoms with E-state index in [1.54, 1.807) is 12.1 Å². The van der Waals surface area contributed by atoms with E-state index in [9.17, 15) is 14.9 Å². The summed E-state index contributed by atoms with van der Waals surface area (Å²) in [5.41, 5.74) is 5.51. The fraction of sp³-hybridized carbons (Fsp3) is 0.0833. The smallest absolute Gasteiger partial charge is 0.294 e. The van der Waals surface area contributed by atoms with Gasteiger partial charge in [0.2, 0.25) is 0 Å². The van der Waals surface area contributed by atoms with Crippen LogP contribution in [-0.2, 0) is 6.54 Å². The predicted molar refractivity (Wildman–Crippen MR) is 75.7 cm³/mol. The van der Waals surface area contributed by atoms with Gasteiger partial charge in [0.25, 0.3) is 11.6 Å². The molecule has 1 amide bonds. The minimum atomic E-state index is -0.694. The van der Waals surface area contributed by atoms with Crippen molar-refractivity contribution in [2.75, 3.05) is 5.73 Å². The minimum Gasteiger partial charge on any atom is -0.392 e. The van der Waals surface area contributed by atoms with E-state index < -0.39 is 16.5 Å². The molecule has 2 aromatic rings. The maximum absolute atomic E-state index is 12.0. The van der Waals surface area contributed by atoms with Crippen molar-refractivity contribution in [3.05, 3.63) is 56.9 Å². The van der Waals surface area contributed by atoms with E-state index in [2.05, 4.69) is 15.5 Å². The van der Waals surface area contributed by atoms with Crippen LogP contribution < -0.4 is 11.1 Å². The quantitative estimate of drug-likeness (QED) is 0.501. The monoisotopic (exact) mass is 307 g/mol. The van der Waals surface area contributed by atoms with Gasteiger partial charge in [-0.05, 0) is 18.2 Å². The average Bonchev–Trinajstić information content (AvgIpc) is 2.48. The lowest BCUT2D eigenvalue weighted by Gasteiger charge is -2.06. The molecule has 1 aromatic carbocycles. The number of carbonyl (C=O) groups excluding carboxylic acids is 1. The molecular formula is C12H10ClN5O3. The Hall–Kier alpha value is -2.74. The first-order valence-electron chi connectivity index (χ1n) is 5.77. The Kier molecular flexibility index (Phi) is 4.29. The molecule has 9 heteroatoms. The Morgan fingerprint density at radius 3 is 2.86 bits per heavy atom. The molecule has 1 heterocycles. The number of nitro groups is 1. The van der Waals surface area contributed by atoms with E-state index >= 15 is 0 Å². The number of hydrogen-bond acceptors (Lipinski definition) is 6. The first kappa shape index (κ1) is 14.7. The number of carbonyl (C=O) groups is 1. The van der Waals surface area contributed by atoms with Gasteiger partial charge in [0.15, 0.2) is 0 Å². The van der Waals surface area contributed by atoms with Crippen molar-refractivity contribution in [2.24, 2.45) is 0 Å². The number of rotatable bonds is 4. The third kappa shape index (κ3) is 3.42. The third-order valence-electron chi connectivity index (χ3n) is 2.62. The van der Waals surface area contributed by atoms with Gasteiger partial charge < -0.3 is 11.1 Å². The van der Waals surface area contributed by atoms with Gasteiger partial charge in [0, 0.05) is 17.8 Å². The number of benzene rings is 1. The van der Waals surface area contributed by atoms with Crippen LogP contribution in [0.5, 0.6) is 0 Å². The van der Waals surface area contributed by atoms with Crippen LogP contribution in [0.25, 0.3) is 0 Å². The Morgan fingerprint density at radius 1 is 1.48 bits per heavy atom. The van der Waals surface area contributed by atoms with Crippen molar-refractivity contribution in [3.63, 3.8) is 0 Å². The molecule has 2 rings (SSSR count). The lowest BCUT2D eigenvalue weighted by Crippen LogP contribution is -2.23. The summed E-state index contributed by atoms with van der Waals surface area (Å²) in [6.07, 6.45) is 1.51. The lowest BCUT2D eigenvalue weighted by molar-refractivity contribution is -0.383. The molecule has 0 atom stereocenters. The summed E-state index contributed by atoms with van der Waals surface area (Å²) in [4.78, 5) is 22.1. The summed E-state index contributed by atoms with van der Waals surface area (Å²) in [5, 5.41) is 20.8. The van der Waals surface area contributed by atoms with Crippen LogP contribution in [0.1, 0.15) is 16.1 Å². The van der Waals surface area contributed by atoms with Crippen molar-refractivity contribution in [1.29, 1.82) is 0 Å². The number of amides is 1. The van der Waals surface area contributed by atoms with Crippen molar-refractivity contribution in [1.82, 2.24) is 15.5 Å². The van der Waals surface area contributed by atoms with Crippen molar-refractivity contribution in [2.45, 2.75) is 6.54 Å². The maximum Gasteiger partial charge on any atom is 0.294 e. The van der Waals surface area contributed by atoms with E-state index in [0.29, 0.717) is 5.69 Å². The SMILES string of the molecule is Nc1c(Cl)cc(C(=O)NCc2cccnn2)cc1[N+](=O)[O-]. The summed E-state index contributed by atoms with van der Waals surface area (Å²) in [5.74, 6) is -0.523. The zero-order chi connectivity index (χ0) is 15.4. The molecule has 0 bridgehead atoms. The van der Waals surface area contributed by atoms with Crippen LogP contribution in [0.4, 0.5) is 11.4 Å². The summed E-state index contributed by atoms with van der Waals surface area (Å²) in [7, 11) is 0. The highest BCUT2D eigenvalue weighted by Gasteiger charge is 2.19. The number of nitrogens with two attached hydrogens (primary N) is 1. The highest BCUT2D eigenvalue weighted by molar-refractivity contribution is 6.34. The molecule has 1 aromatic heterocycles. The second-order valence-corrected chi connectivity index (χ2v) is 4.45. The zero-order valence-corrected chi connectivity index (χ0v) is 11.4. The van der Waals surface area contributed by atoms with Gasteiger partial charge in [-0.1, -0.05) is 11.6 Å². The van der Waals surface area contributed by atoms with E-state index in [1.807, 2.05) is 0 Å². The first-order valence-corrected chi connectivity index (χ1v) is 6.15. The molecule has 8 nitrogen and oxygen atoms in total. The highest BCUT2D eigenvalue weighted by atomic mass is 35.5. The topological polar surface area (TPSA) is 124 Å². The molecule has 0 aliphatic heterocycles. The summed E-state index contributed by atoms with van der Waals surface area (Å²) in [6, 6.07) is 5.72. The second kappa shape index (κ2) is 6.14. The van der Waals surface area contributed by atoms with Crippen LogP contribution in [0.3, 0.4) is 0 Å². The van der Waals surface area contributed by atoms with Gasteiger partial charge in [0.1, 0.15) is 5.69 Å². The van der Waals surface area contributed by atoms with Crippen LogP contribution in [-0.4, -0.2) is 21.0 Å². The molecule has 0 fully saturated rings. The second-order valence-electron chi connectivity index (χ2n) is 4.05. The number of aromatic nitrogens is 2. The Morgan fingerprint density at radius 2 is 2.24 bits per heavy atom. The fourth-order valence-corrected chi connectivity index (χ4v) is 1.80. The van der Waals surface area contributed by atoms with Gasteiger partial charge in [-0.3, -0.25) is 14.9 Å². The van der Waals surface area contributed by atoms with Crippen molar-refractivity contribution >= 4 is 28.9 Å². The predicted octanol–water partition coefficient (Wildman–Crippen LogP) is 1.55. The highest BCUT2D eigenvalue weighted by Crippen LogP contribution is 2.30. The number of hydrogen-bond donors (Lipinski definition) is 2. The van der Waals surface area contributed by atoms with Gasteiger partial charge in [-0.15, -0.1) is 0 Å². The Labute approximate surface area is 124 Å². The van der Waals surface area contributed by atoms with Crippen LogP contribution in [0.15, 0.2) is 30.5 Å². The Balaban J connectivity index is 2.18. The van der Waals surface area contributed by atoms with Crippen LogP contribution >= 0.6 is 11.6 Å². The number of nitro benzene ring substituents is 1. The van der Waals surface area contributed by atoms with Gasteiger partial charge >= 0.3 is 0 Å². The van der Waals surface area contributed by atoms with Crippen LogP contribution in [0.2, 0.25) is 5.02 Å². The molecule has 0 unspecified atom stereocenters. The molecule has 0 saturated heterocycles. The summed E-state index contributed by atoms with van der Waals surface area (Å²) < 4.78 is 0. The Bertz CT molecular complexity index is 693. The number of anilines is 1. The largest absolute Gasteiger partial charge is 0.392 e. The van der Waals surface area contributed by atoms with E-state index in [0.717, 1.165) is 6.07 Å². The summed E-state index contributed by atoms with van der Waals surface area (Å²) in [6.45, 7) is 0.141. The first-order chi connectivity index (χ1) is 9.99. The fourth-order valence-electron chi connectivity index (χ4n) is 1.59. The number of nitrogen functional groups attached to an aromatic ring is 1. The zero-order valence-electron chi connectivity index (χ0n) is 10.6.